The molecule has 5 heteroatoms. The van der Waals surface area contributed by atoms with Crippen LogP contribution in [-0.4, -0.2) is 11.8 Å². The molecule has 0 spiro atoms. The molecule has 0 heterocycles. The number of benzene rings is 1. The molecule has 0 saturated heterocycles. The van der Waals surface area contributed by atoms with Crippen LogP contribution in [0.1, 0.15) is 42.5 Å². The van der Waals surface area contributed by atoms with E-state index in [1.165, 1.54) is 24.1 Å². The molecule has 4 nitrogen and oxygen atoms in total. The molecule has 1 aromatic carbocycles. The highest BCUT2D eigenvalue weighted by Crippen LogP contribution is 2.23. The first-order valence-electron chi connectivity index (χ1n) is 6.63. The number of carbonyl (C=O) groups is 2. The Labute approximate surface area is 123 Å². The zero-order chi connectivity index (χ0) is 14.5. The summed E-state index contributed by atoms with van der Waals surface area (Å²) >= 11 is 5.94. The van der Waals surface area contributed by atoms with Gasteiger partial charge in [-0.05, 0) is 43.9 Å². The van der Waals surface area contributed by atoms with Gasteiger partial charge in [0.05, 0.1) is 10.6 Å². The van der Waals surface area contributed by atoms with E-state index in [1.54, 1.807) is 6.07 Å². The van der Waals surface area contributed by atoms with Crippen LogP contribution in [0.4, 0.5) is 5.69 Å². The van der Waals surface area contributed by atoms with Gasteiger partial charge in [-0.1, -0.05) is 23.3 Å². The summed E-state index contributed by atoms with van der Waals surface area (Å²) in [4.78, 5) is 23.0. The molecule has 106 valence electrons. The van der Waals surface area contributed by atoms with Crippen molar-refractivity contribution < 1.29 is 9.59 Å². The van der Waals surface area contributed by atoms with Crippen molar-refractivity contribution in [3.8, 4) is 0 Å². The first-order chi connectivity index (χ1) is 9.56. The number of anilines is 1. The molecule has 0 aromatic heterocycles. The SMILES string of the molecule is NC(=O)c1ccc(NC(=O)CC2=CCCCC2)cc1Cl. The Bertz CT molecular complexity index is 567. The van der Waals surface area contributed by atoms with Crippen LogP contribution in [-0.2, 0) is 4.79 Å². The number of primary amides is 1. The van der Waals surface area contributed by atoms with Crippen molar-refractivity contribution in [3.05, 3.63) is 40.4 Å². The van der Waals surface area contributed by atoms with E-state index < -0.39 is 5.91 Å². The monoisotopic (exact) mass is 292 g/mol. The Morgan fingerprint density at radius 2 is 2.10 bits per heavy atom. The maximum Gasteiger partial charge on any atom is 0.250 e. The smallest absolute Gasteiger partial charge is 0.250 e. The highest BCUT2D eigenvalue weighted by molar-refractivity contribution is 6.34. The lowest BCUT2D eigenvalue weighted by Gasteiger charge is -2.13. The van der Waals surface area contributed by atoms with Crippen molar-refractivity contribution in [2.45, 2.75) is 32.1 Å². The number of allylic oxidation sites excluding steroid dienone is 1. The van der Waals surface area contributed by atoms with E-state index in [9.17, 15) is 9.59 Å². The maximum absolute atomic E-state index is 11.9. The van der Waals surface area contributed by atoms with Gasteiger partial charge in [-0.25, -0.2) is 0 Å². The zero-order valence-electron chi connectivity index (χ0n) is 11.1. The summed E-state index contributed by atoms with van der Waals surface area (Å²) in [5.74, 6) is -0.652. The van der Waals surface area contributed by atoms with E-state index in [-0.39, 0.29) is 16.5 Å². The summed E-state index contributed by atoms with van der Waals surface area (Å²) in [6.45, 7) is 0. The summed E-state index contributed by atoms with van der Waals surface area (Å²) in [6.07, 6.45) is 6.96. The van der Waals surface area contributed by atoms with E-state index in [2.05, 4.69) is 11.4 Å². The van der Waals surface area contributed by atoms with Crippen LogP contribution >= 0.6 is 11.6 Å². The van der Waals surface area contributed by atoms with Crippen LogP contribution < -0.4 is 11.1 Å². The Kier molecular flexibility index (Phi) is 4.79. The van der Waals surface area contributed by atoms with Crippen LogP contribution in [0.15, 0.2) is 29.8 Å². The van der Waals surface area contributed by atoms with Crippen molar-refractivity contribution in [2.75, 3.05) is 5.32 Å². The molecule has 0 atom stereocenters. The third kappa shape index (κ3) is 3.84. The lowest BCUT2D eigenvalue weighted by atomic mass is 9.97. The van der Waals surface area contributed by atoms with E-state index >= 15 is 0 Å². The Balaban J connectivity index is 1.99. The number of carbonyl (C=O) groups excluding carboxylic acids is 2. The number of hydrogen-bond donors (Lipinski definition) is 2. The molecule has 0 bridgehead atoms. The minimum atomic E-state index is -0.583. The van der Waals surface area contributed by atoms with Gasteiger partial charge in [0.2, 0.25) is 11.8 Å². The highest BCUT2D eigenvalue weighted by atomic mass is 35.5. The van der Waals surface area contributed by atoms with E-state index in [4.69, 9.17) is 17.3 Å². The molecule has 1 aliphatic carbocycles. The van der Waals surface area contributed by atoms with Crippen LogP contribution in [0.3, 0.4) is 0 Å². The first kappa shape index (κ1) is 14.6. The van der Waals surface area contributed by atoms with E-state index in [1.807, 2.05) is 0 Å². The lowest BCUT2D eigenvalue weighted by molar-refractivity contribution is -0.115. The topological polar surface area (TPSA) is 72.2 Å². The fraction of sp³-hybridized carbons (Fsp3) is 0.333. The third-order valence-corrected chi connectivity index (χ3v) is 3.60. The number of nitrogens with one attached hydrogen (secondary N) is 1. The molecule has 0 radical (unpaired) electrons. The van der Waals surface area contributed by atoms with Crippen LogP contribution in [0.5, 0.6) is 0 Å². The molecule has 20 heavy (non-hydrogen) atoms. The molecule has 0 unspecified atom stereocenters. The van der Waals surface area contributed by atoms with Crippen LogP contribution in [0, 0.1) is 0 Å². The van der Waals surface area contributed by atoms with E-state index in [0.29, 0.717) is 12.1 Å². The Morgan fingerprint density at radius 1 is 1.30 bits per heavy atom. The minimum Gasteiger partial charge on any atom is -0.366 e. The van der Waals surface area contributed by atoms with Gasteiger partial charge >= 0.3 is 0 Å². The normalized spacial score (nSPS) is 14.6. The summed E-state index contributed by atoms with van der Waals surface area (Å²) < 4.78 is 0. The number of amides is 2. The number of hydrogen-bond acceptors (Lipinski definition) is 2. The average Bonchev–Trinajstić information content (AvgIpc) is 2.39. The third-order valence-electron chi connectivity index (χ3n) is 3.29. The molecule has 2 amide bonds. The van der Waals surface area contributed by atoms with Crippen molar-refractivity contribution in [1.82, 2.24) is 0 Å². The Hall–Kier alpha value is -1.81. The minimum absolute atomic E-state index is 0.0685. The number of halogens is 1. The van der Waals surface area contributed by atoms with Crippen molar-refractivity contribution in [3.63, 3.8) is 0 Å². The molecule has 1 aromatic rings. The van der Waals surface area contributed by atoms with Gasteiger partial charge in [-0.2, -0.15) is 0 Å². The van der Waals surface area contributed by atoms with Gasteiger partial charge in [0.25, 0.3) is 0 Å². The fourth-order valence-corrected chi connectivity index (χ4v) is 2.54. The number of nitrogens with two attached hydrogens (primary N) is 1. The van der Waals surface area contributed by atoms with Gasteiger partial charge in [0, 0.05) is 12.1 Å². The fourth-order valence-electron chi connectivity index (χ4n) is 2.27. The van der Waals surface area contributed by atoms with Gasteiger partial charge in [-0.3, -0.25) is 9.59 Å². The maximum atomic E-state index is 11.9. The second-order valence-electron chi connectivity index (χ2n) is 4.89. The Morgan fingerprint density at radius 3 is 2.70 bits per heavy atom. The first-order valence-corrected chi connectivity index (χ1v) is 7.01. The van der Waals surface area contributed by atoms with Gasteiger partial charge < -0.3 is 11.1 Å². The quantitative estimate of drug-likeness (QED) is 0.836. The molecule has 0 aliphatic heterocycles. The molecule has 2 rings (SSSR count). The second kappa shape index (κ2) is 6.57. The van der Waals surface area contributed by atoms with Crippen molar-refractivity contribution in [2.24, 2.45) is 5.73 Å². The zero-order valence-corrected chi connectivity index (χ0v) is 11.9. The van der Waals surface area contributed by atoms with Gasteiger partial charge in [-0.15, -0.1) is 0 Å². The summed E-state index contributed by atoms with van der Waals surface area (Å²) in [5, 5.41) is 3.02. The number of rotatable bonds is 4. The average molecular weight is 293 g/mol. The predicted octanol–water partition coefficient (Wildman–Crippen LogP) is 3.27. The summed E-state index contributed by atoms with van der Waals surface area (Å²) in [7, 11) is 0. The van der Waals surface area contributed by atoms with Crippen LogP contribution in [0.25, 0.3) is 0 Å². The molecule has 3 N–H and O–H groups in total. The lowest BCUT2D eigenvalue weighted by Crippen LogP contribution is -2.14. The largest absolute Gasteiger partial charge is 0.366 e. The summed E-state index contributed by atoms with van der Waals surface area (Å²) in [6, 6.07) is 4.67. The van der Waals surface area contributed by atoms with Crippen LogP contribution in [0.2, 0.25) is 5.02 Å². The van der Waals surface area contributed by atoms with Gasteiger partial charge in [0.1, 0.15) is 0 Å². The second-order valence-corrected chi connectivity index (χ2v) is 5.30. The highest BCUT2D eigenvalue weighted by Gasteiger charge is 2.11. The molecular formula is C15H17ClN2O2. The molecular weight excluding hydrogens is 276 g/mol. The predicted molar refractivity (Wildman–Crippen MR) is 79.8 cm³/mol. The van der Waals surface area contributed by atoms with Gasteiger partial charge in [0.15, 0.2) is 0 Å². The molecule has 1 aliphatic rings. The summed E-state index contributed by atoms with van der Waals surface area (Å²) in [5.41, 5.74) is 7.18. The molecule has 0 saturated carbocycles. The molecule has 0 fully saturated rings. The van der Waals surface area contributed by atoms with E-state index in [0.717, 1.165) is 19.3 Å². The standard InChI is InChI=1S/C15H17ClN2O2/c16-13-9-11(6-7-12(13)15(17)20)18-14(19)8-10-4-2-1-3-5-10/h4,6-7,9H,1-3,5,8H2,(H2,17,20)(H,18,19). The van der Waals surface area contributed by atoms with Crippen molar-refractivity contribution >= 4 is 29.1 Å². The van der Waals surface area contributed by atoms with Crippen molar-refractivity contribution in [1.29, 1.82) is 0 Å².